The Morgan fingerprint density at radius 1 is 1.39 bits per heavy atom. The number of nitrogens with two attached hydrogens (primary N) is 1. The number of anilines is 1. The summed E-state index contributed by atoms with van der Waals surface area (Å²) in [7, 11) is 0. The molecule has 1 fully saturated rings. The van der Waals surface area contributed by atoms with Crippen molar-refractivity contribution in [2.75, 3.05) is 11.4 Å². The lowest BCUT2D eigenvalue weighted by Crippen LogP contribution is -2.27. The maximum absolute atomic E-state index is 11.5. The van der Waals surface area contributed by atoms with Crippen LogP contribution in [0.15, 0.2) is 30.6 Å². The Kier molecular flexibility index (Phi) is 3.03. The van der Waals surface area contributed by atoms with E-state index in [1.165, 1.54) is 4.68 Å². The fraction of sp³-hybridized carbons (Fsp3) is 0.333. The normalized spacial score (nSPS) is 18.0. The number of carbonyl (C=O) groups excluding carboxylic acids is 1. The van der Waals surface area contributed by atoms with Crippen molar-refractivity contribution in [2.45, 2.75) is 25.8 Å². The molecule has 0 radical (unpaired) electrons. The number of hydrogen-bond acceptors (Lipinski definition) is 5. The number of aromatic nitrogens is 5. The molecular formula is C15H17N7O. The molecule has 1 aliphatic rings. The second-order valence-corrected chi connectivity index (χ2v) is 5.78. The molecule has 4 rings (SSSR count). The molecule has 3 aromatic heterocycles. The molecule has 0 saturated carbocycles. The molecule has 0 bridgehead atoms. The molecule has 3 aromatic rings. The van der Waals surface area contributed by atoms with Crippen LogP contribution >= 0.6 is 0 Å². The molecule has 0 aliphatic carbocycles. The summed E-state index contributed by atoms with van der Waals surface area (Å²) in [5.74, 6) is 0.221. The third-order valence-electron chi connectivity index (χ3n) is 4.26. The number of pyridine rings is 1. The van der Waals surface area contributed by atoms with Crippen LogP contribution in [0, 0.1) is 0 Å². The van der Waals surface area contributed by atoms with Crippen LogP contribution in [0.25, 0.3) is 11.3 Å². The van der Waals surface area contributed by atoms with E-state index in [1.54, 1.807) is 16.8 Å². The van der Waals surface area contributed by atoms with Gasteiger partial charge in [0.05, 0.1) is 11.9 Å². The van der Waals surface area contributed by atoms with Gasteiger partial charge < -0.3 is 10.6 Å². The van der Waals surface area contributed by atoms with Crippen LogP contribution in [0.3, 0.4) is 0 Å². The topological polar surface area (TPSA) is 94.3 Å². The predicted octanol–water partition coefficient (Wildman–Crippen LogP) is 1.00. The van der Waals surface area contributed by atoms with E-state index in [9.17, 15) is 4.79 Å². The molecule has 4 heterocycles. The van der Waals surface area contributed by atoms with E-state index in [2.05, 4.69) is 27.0 Å². The first-order valence-electron chi connectivity index (χ1n) is 7.61. The fourth-order valence-corrected chi connectivity index (χ4v) is 3.04. The van der Waals surface area contributed by atoms with Gasteiger partial charge in [0.25, 0.3) is 5.91 Å². The minimum Gasteiger partial charge on any atom is -0.364 e. The average molecular weight is 311 g/mol. The highest BCUT2D eigenvalue weighted by atomic mass is 16.1. The number of primary amides is 1. The summed E-state index contributed by atoms with van der Waals surface area (Å²) in [4.78, 5) is 18.3. The Labute approximate surface area is 132 Å². The summed E-state index contributed by atoms with van der Waals surface area (Å²) in [6.07, 6.45) is 5.69. The first-order valence-corrected chi connectivity index (χ1v) is 7.61. The van der Waals surface area contributed by atoms with Crippen LogP contribution < -0.4 is 10.6 Å². The van der Waals surface area contributed by atoms with Crippen molar-refractivity contribution in [3.05, 3.63) is 36.3 Å². The van der Waals surface area contributed by atoms with E-state index in [-0.39, 0.29) is 0 Å². The van der Waals surface area contributed by atoms with Crippen molar-refractivity contribution in [3.8, 4) is 5.69 Å². The Morgan fingerprint density at radius 2 is 2.26 bits per heavy atom. The van der Waals surface area contributed by atoms with E-state index in [0.29, 0.717) is 17.4 Å². The lowest BCUT2D eigenvalue weighted by atomic mass is 10.2. The summed E-state index contributed by atoms with van der Waals surface area (Å²) in [5.41, 5.74) is 7.14. The van der Waals surface area contributed by atoms with E-state index >= 15 is 0 Å². The largest absolute Gasteiger partial charge is 0.364 e. The molecule has 1 saturated heterocycles. The van der Waals surface area contributed by atoms with Crippen molar-refractivity contribution in [3.63, 3.8) is 0 Å². The van der Waals surface area contributed by atoms with Crippen LogP contribution in [0.4, 0.5) is 5.95 Å². The highest BCUT2D eigenvalue weighted by Crippen LogP contribution is 2.23. The lowest BCUT2D eigenvalue weighted by molar-refractivity contribution is 0.0993. The summed E-state index contributed by atoms with van der Waals surface area (Å²) < 4.78 is 3.24. The van der Waals surface area contributed by atoms with Gasteiger partial charge in [-0.15, -0.1) is 5.10 Å². The van der Waals surface area contributed by atoms with Gasteiger partial charge in [0.2, 0.25) is 5.95 Å². The van der Waals surface area contributed by atoms with Crippen molar-refractivity contribution >= 4 is 17.5 Å². The Hall–Kier alpha value is -2.90. The Balaban J connectivity index is 1.76. The molecule has 1 amide bonds. The molecule has 23 heavy (non-hydrogen) atoms. The van der Waals surface area contributed by atoms with Gasteiger partial charge in [0, 0.05) is 24.8 Å². The molecule has 1 aliphatic heterocycles. The van der Waals surface area contributed by atoms with Crippen LogP contribution in [0.5, 0.6) is 0 Å². The highest BCUT2D eigenvalue weighted by molar-refractivity contribution is 5.91. The fourth-order valence-electron chi connectivity index (χ4n) is 3.04. The summed E-state index contributed by atoms with van der Waals surface area (Å²) in [6, 6.07) is 5.72. The Morgan fingerprint density at radius 3 is 3.00 bits per heavy atom. The molecule has 1 unspecified atom stereocenters. The molecule has 118 valence electrons. The van der Waals surface area contributed by atoms with Crippen LogP contribution in [0.2, 0.25) is 0 Å². The average Bonchev–Trinajstić information content (AvgIpc) is 3.24. The number of amides is 1. The summed E-state index contributed by atoms with van der Waals surface area (Å²) in [5, 5.41) is 8.69. The van der Waals surface area contributed by atoms with E-state index in [0.717, 1.165) is 31.0 Å². The molecular weight excluding hydrogens is 294 g/mol. The van der Waals surface area contributed by atoms with E-state index < -0.39 is 5.91 Å². The minimum atomic E-state index is -0.518. The van der Waals surface area contributed by atoms with Crippen LogP contribution in [-0.2, 0) is 0 Å². The van der Waals surface area contributed by atoms with E-state index in [1.807, 2.05) is 18.3 Å². The zero-order valence-electron chi connectivity index (χ0n) is 12.8. The maximum Gasteiger partial charge on any atom is 0.267 e. The van der Waals surface area contributed by atoms with Crippen molar-refractivity contribution < 1.29 is 4.79 Å². The molecule has 0 aromatic carbocycles. The van der Waals surface area contributed by atoms with Crippen molar-refractivity contribution in [1.82, 2.24) is 24.4 Å². The molecule has 2 N–H and O–H groups in total. The first-order chi connectivity index (χ1) is 11.1. The van der Waals surface area contributed by atoms with Crippen LogP contribution in [0.1, 0.15) is 30.3 Å². The summed E-state index contributed by atoms with van der Waals surface area (Å²) >= 11 is 0. The number of nitrogens with zero attached hydrogens (tertiary/aromatic N) is 6. The predicted molar refractivity (Wildman–Crippen MR) is 84.7 cm³/mol. The molecule has 8 nitrogen and oxygen atoms in total. The third-order valence-corrected chi connectivity index (χ3v) is 4.26. The zero-order chi connectivity index (χ0) is 16.0. The van der Waals surface area contributed by atoms with Gasteiger partial charge >= 0.3 is 0 Å². The third kappa shape index (κ3) is 2.23. The second kappa shape index (κ2) is 5.08. The number of rotatable bonds is 3. The van der Waals surface area contributed by atoms with Gasteiger partial charge in [-0.3, -0.25) is 4.79 Å². The summed E-state index contributed by atoms with van der Waals surface area (Å²) in [6.45, 7) is 3.17. The second-order valence-electron chi connectivity index (χ2n) is 5.78. The first kappa shape index (κ1) is 13.7. The molecule has 0 spiro atoms. The number of carbonyl (C=O) groups is 1. The molecule has 1 atom stereocenters. The van der Waals surface area contributed by atoms with Crippen molar-refractivity contribution in [2.24, 2.45) is 5.73 Å². The van der Waals surface area contributed by atoms with Gasteiger partial charge in [-0.2, -0.15) is 10.1 Å². The number of fused-ring (bicyclic) bond motifs is 1. The van der Waals surface area contributed by atoms with Gasteiger partial charge in [0.15, 0.2) is 5.65 Å². The van der Waals surface area contributed by atoms with Gasteiger partial charge in [-0.1, -0.05) is 0 Å². The number of hydrogen-bond donors (Lipinski definition) is 1. The van der Waals surface area contributed by atoms with Crippen molar-refractivity contribution in [1.29, 1.82) is 0 Å². The quantitative estimate of drug-likeness (QED) is 0.779. The lowest BCUT2D eigenvalue weighted by Gasteiger charge is -2.18. The Bertz CT molecular complexity index is 881. The monoisotopic (exact) mass is 311 g/mol. The van der Waals surface area contributed by atoms with Gasteiger partial charge in [-0.05, 0) is 31.9 Å². The maximum atomic E-state index is 11.5. The highest BCUT2D eigenvalue weighted by Gasteiger charge is 2.24. The molecule has 8 heteroatoms. The minimum absolute atomic E-state index is 0.335. The van der Waals surface area contributed by atoms with Gasteiger partial charge in [-0.25, -0.2) is 9.20 Å². The standard InChI is InChI=1S/C15H17N7O/c1-10-3-2-7-20(10)15-18-13-9-11(5-8-21(13)19-15)22-12(14(16)23)4-6-17-22/h4-6,8-10H,2-3,7H2,1H3,(H2,16,23). The van der Waals surface area contributed by atoms with Gasteiger partial charge in [0.1, 0.15) is 5.69 Å². The smallest absolute Gasteiger partial charge is 0.267 e. The SMILES string of the molecule is CC1CCCN1c1nc2cc(-n3nccc3C(N)=O)ccn2n1. The van der Waals surface area contributed by atoms with E-state index in [4.69, 9.17) is 5.73 Å². The zero-order valence-corrected chi connectivity index (χ0v) is 12.8. The van der Waals surface area contributed by atoms with Crippen LogP contribution in [-0.4, -0.2) is 42.9 Å².